The molecule has 7 nitrogen and oxygen atoms in total. The summed E-state index contributed by atoms with van der Waals surface area (Å²) in [5.74, 6) is 0.825. The Morgan fingerprint density at radius 2 is 1.74 bits per heavy atom. The average molecular weight is 441 g/mol. The molecule has 0 unspecified atom stereocenters. The summed E-state index contributed by atoms with van der Waals surface area (Å²) in [6.45, 7) is 0.353. The molecular formula is C23H21ClN2O5. The summed E-state index contributed by atoms with van der Waals surface area (Å²) in [6, 6.07) is 17.3. The van der Waals surface area contributed by atoms with Crippen LogP contribution < -0.4 is 19.6 Å². The SMILES string of the molecule is COc1cc(/C=N/NC(=O)c2ccc(O)c(Cl)c2)cc(OC)c1OCc1ccccc1. The second-order valence-electron chi connectivity index (χ2n) is 6.39. The van der Waals surface area contributed by atoms with Crippen molar-refractivity contribution in [2.75, 3.05) is 14.2 Å². The van der Waals surface area contributed by atoms with Crippen LogP contribution in [0.1, 0.15) is 21.5 Å². The van der Waals surface area contributed by atoms with Gasteiger partial charge in [0, 0.05) is 11.1 Å². The molecule has 0 aliphatic rings. The minimum absolute atomic E-state index is 0.0807. The largest absolute Gasteiger partial charge is 0.506 e. The Hall–Kier alpha value is -3.71. The summed E-state index contributed by atoms with van der Waals surface area (Å²) in [5.41, 5.74) is 4.31. The van der Waals surface area contributed by atoms with Crippen LogP contribution in [0.2, 0.25) is 5.02 Å². The van der Waals surface area contributed by atoms with E-state index in [1.165, 1.54) is 38.6 Å². The molecule has 160 valence electrons. The molecular weight excluding hydrogens is 420 g/mol. The molecule has 1 amide bonds. The van der Waals surface area contributed by atoms with Gasteiger partial charge >= 0.3 is 0 Å². The predicted octanol–water partition coefficient (Wildman–Crippen LogP) is 4.41. The smallest absolute Gasteiger partial charge is 0.271 e. The molecule has 0 saturated heterocycles. The van der Waals surface area contributed by atoms with E-state index >= 15 is 0 Å². The summed E-state index contributed by atoms with van der Waals surface area (Å²) in [5, 5.41) is 13.5. The Morgan fingerprint density at radius 3 is 2.35 bits per heavy atom. The number of aromatic hydroxyl groups is 1. The first kappa shape index (κ1) is 22.0. The van der Waals surface area contributed by atoms with Gasteiger partial charge in [0.25, 0.3) is 5.91 Å². The summed E-state index contributed by atoms with van der Waals surface area (Å²) in [6.07, 6.45) is 1.45. The van der Waals surface area contributed by atoms with Crippen molar-refractivity contribution in [1.82, 2.24) is 5.43 Å². The van der Waals surface area contributed by atoms with E-state index in [2.05, 4.69) is 10.5 Å². The third-order valence-corrected chi connectivity index (χ3v) is 4.60. The van der Waals surface area contributed by atoms with Crippen molar-refractivity contribution in [3.8, 4) is 23.0 Å². The van der Waals surface area contributed by atoms with Gasteiger partial charge in [-0.3, -0.25) is 4.79 Å². The second-order valence-corrected chi connectivity index (χ2v) is 6.80. The van der Waals surface area contributed by atoms with Crippen LogP contribution in [-0.4, -0.2) is 31.4 Å². The van der Waals surface area contributed by atoms with Gasteiger partial charge in [-0.1, -0.05) is 41.9 Å². The van der Waals surface area contributed by atoms with Crippen molar-refractivity contribution in [3.63, 3.8) is 0 Å². The molecule has 0 bridgehead atoms. The Kier molecular flexibility index (Phi) is 7.35. The van der Waals surface area contributed by atoms with Gasteiger partial charge in [0.15, 0.2) is 11.5 Å². The van der Waals surface area contributed by atoms with Crippen molar-refractivity contribution >= 4 is 23.7 Å². The lowest BCUT2D eigenvalue weighted by molar-refractivity contribution is 0.0955. The monoisotopic (exact) mass is 440 g/mol. The standard InChI is InChI=1S/C23H21ClN2O5/c1-29-20-10-16(13-25-26-23(28)17-8-9-19(27)18(24)12-17)11-21(30-2)22(20)31-14-15-6-4-3-5-7-15/h3-13,27H,14H2,1-2H3,(H,26,28)/b25-13+. The Labute approximate surface area is 184 Å². The highest BCUT2D eigenvalue weighted by molar-refractivity contribution is 6.32. The number of methoxy groups -OCH3 is 2. The first-order valence-corrected chi connectivity index (χ1v) is 9.64. The van der Waals surface area contributed by atoms with Crippen LogP contribution in [0, 0.1) is 0 Å². The molecule has 0 aliphatic carbocycles. The predicted molar refractivity (Wildman–Crippen MR) is 118 cm³/mol. The van der Waals surface area contributed by atoms with Crippen molar-refractivity contribution in [2.24, 2.45) is 5.10 Å². The molecule has 0 saturated carbocycles. The van der Waals surface area contributed by atoms with Gasteiger partial charge in [0.1, 0.15) is 12.4 Å². The maximum atomic E-state index is 12.2. The number of hydrogen-bond donors (Lipinski definition) is 2. The number of nitrogens with one attached hydrogen (secondary N) is 1. The van der Waals surface area contributed by atoms with E-state index in [0.29, 0.717) is 29.4 Å². The van der Waals surface area contributed by atoms with Crippen LogP contribution in [0.3, 0.4) is 0 Å². The maximum absolute atomic E-state index is 12.2. The van der Waals surface area contributed by atoms with Crippen LogP contribution in [0.25, 0.3) is 0 Å². The highest BCUT2D eigenvalue weighted by Crippen LogP contribution is 2.38. The molecule has 0 aromatic heterocycles. The second kappa shape index (κ2) is 10.4. The van der Waals surface area contributed by atoms with Gasteiger partial charge in [0.2, 0.25) is 5.75 Å². The summed E-state index contributed by atoms with van der Waals surface area (Å²) >= 11 is 5.83. The van der Waals surface area contributed by atoms with Crippen molar-refractivity contribution in [3.05, 3.63) is 82.4 Å². The number of hydrogen-bond acceptors (Lipinski definition) is 6. The number of carbonyl (C=O) groups is 1. The lowest BCUT2D eigenvalue weighted by Crippen LogP contribution is -2.17. The fourth-order valence-electron chi connectivity index (χ4n) is 2.72. The lowest BCUT2D eigenvalue weighted by atomic mass is 10.2. The molecule has 0 atom stereocenters. The molecule has 8 heteroatoms. The van der Waals surface area contributed by atoms with Gasteiger partial charge in [-0.15, -0.1) is 0 Å². The first-order chi connectivity index (χ1) is 15.0. The highest BCUT2D eigenvalue weighted by atomic mass is 35.5. The fourth-order valence-corrected chi connectivity index (χ4v) is 2.91. The van der Waals surface area contributed by atoms with Gasteiger partial charge in [-0.25, -0.2) is 5.43 Å². The van der Waals surface area contributed by atoms with E-state index in [0.717, 1.165) is 5.56 Å². The molecule has 0 aliphatic heterocycles. The van der Waals surface area contributed by atoms with Crippen molar-refractivity contribution in [1.29, 1.82) is 0 Å². The topological polar surface area (TPSA) is 89.4 Å². The van der Waals surface area contributed by atoms with Crippen LogP contribution in [-0.2, 0) is 6.61 Å². The van der Waals surface area contributed by atoms with E-state index in [1.807, 2.05) is 30.3 Å². The van der Waals surface area contributed by atoms with E-state index in [4.69, 9.17) is 25.8 Å². The Morgan fingerprint density at radius 1 is 1.06 bits per heavy atom. The van der Waals surface area contributed by atoms with E-state index in [-0.39, 0.29) is 16.3 Å². The molecule has 0 heterocycles. The summed E-state index contributed by atoms with van der Waals surface area (Å²) in [7, 11) is 3.06. The normalized spacial score (nSPS) is 10.7. The van der Waals surface area contributed by atoms with Crippen molar-refractivity contribution in [2.45, 2.75) is 6.61 Å². The molecule has 0 fully saturated rings. The van der Waals surface area contributed by atoms with E-state index in [1.54, 1.807) is 12.1 Å². The van der Waals surface area contributed by atoms with Crippen LogP contribution in [0.15, 0.2) is 65.8 Å². The molecule has 0 radical (unpaired) electrons. The minimum Gasteiger partial charge on any atom is -0.506 e. The minimum atomic E-state index is -0.472. The van der Waals surface area contributed by atoms with Gasteiger partial charge in [-0.2, -0.15) is 5.10 Å². The first-order valence-electron chi connectivity index (χ1n) is 9.26. The summed E-state index contributed by atoms with van der Waals surface area (Å²) in [4.78, 5) is 12.2. The van der Waals surface area contributed by atoms with Crippen LogP contribution >= 0.6 is 11.6 Å². The molecule has 2 N–H and O–H groups in total. The molecule has 31 heavy (non-hydrogen) atoms. The Bertz CT molecular complexity index is 1060. The van der Waals surface area contributed by atoms with E-state index in [9.17, 15) is 9.90 Å². The third kappa shape index (κ3) is 5.67. The summed E-state index contributed by atoms with van der Waals surface area (Å²) < 4.78 is 16.8. The number of ether oxygens (including phenoxy) is 3. The fraction of sp³-hybridized carbons (Fsp3) is 0.130. The van der Waals surface area contributed by atoms with Crippen LogP contribution in [0.5, 0.6) is 23.0 Å². The average Bonchev–Trinajstić information content (AvgIpc) is 2.79. The van der Waals surface area contributed by atoms with Crippen LogP contribution in [0.4, 0.5) is 0 Å². The maximum Gasteiger partial charge on any atom is 0.271 e. The number of phenolic OH excluding ortho intramolecular Hbond substituents is 1. The molecule has 3 aromatic rings. The van der Waals surface area contributed by atoms with Gasteiger partial charge in [0.05, 0.1) is 25.5 Å². The number of rotatable bonds is 8. The number of hydrazone groups is 1. The number of benzene rings is 3. The molecule has 3 rings (SSSR count). The number of amides is 1. The number of carbonyl (C=O) groups excluding carboxylic acids is 1. The van der Waals surface area contributed by atoms with Crippen molar-refractivity contribution < 1.29 is 24.1 Å². The quantitative estimate of drug-likeness (QED) is 0.400. The number of phenols is 1. The molecule has 0 spiro atoms. The number of halogens is 1. The van der Waals surface area contributed by atoms with E-state index < -0.39 is 5.91 Å². The zero-order chi connectivity index (χ0) is 22.2. The zero-order valence-electron chi connectivity index (χ0n) is 17.0. The third-order valence-electron chi connectivity index (χ3n) is 4.30. The zero-order valence-corrected chi connectivity index (χ0v) is 17.7. The molecule has 3 aromatic carbocycles. The van der Waals surface area contributed by atoms with Gasteiger partial charge in [-0.05, 0) is 35.9 Å². The Balaban J connectivity index is 1.73. The van der Waals surface area contributed by atoms with Gasteiger partial charge < -0.3 is 19.3 Å². The lowest BCUT2D eigenvalue weighted by Gasteiger charge is -2.15. The highest BCUT2D eigenvalue weighted by Gasteiger charge is 2.14. The number of nitrogens with zero attached hydrogens (tertiary/aromatic N) is 1.